The van der Waals surface area contributed by atoms with E-state index in [0.717, 1.165) is 40.7 Å². The van der Waals surface area contributed by atoms with Crippen LogP contribution >= 0.6 is 0 Å². The largest absolute Gasteiger partial charge is 0.208 e. The summed E-state index contributed by atoms with van der Waals surface area (Å²) in [6.07, 6.45) is 4.77. The molecule has 0 saturated heterocycles. The SMILES string of the molecule is N#Cc1ccc(-c2ccc3c(c2)-c2ccc(-c4ccccc4-c4nc(-c5ccccc5)nc(-c5ccccc5)n4)cc2C32CCCC2)cc1. The molecule has 0 amide bonds. The minimum absolute atomic E-state index is 0.0208. The van der Waals surface area contributed by atoms with E-state index in [2.05, 4.69) is 78.9 Å². The van der Waals surface area contributed by atoms with Gasteiger partial charge in [0.1, 0.15) is 0 Å². The highest BCUT2D eigenvalue weighted by Crippen LogP contribution is 2.58. The van der Waals surface area contributed by atoms with Gasteiger partial charge < -0.3 is 0 Å². The van der Waals surface area contributed by atoms with E-state index < -0.39 is 0 Å². The third-order valence-corrected chi connectivity index (χ3v) is 10.3. The molecule has 0 N–H and O–H groups in total. The fourth-order valence-corrected chi connectivity index (χ4v) is 7.96. The normalized spacial score (nSPS) is 13.9. The second-order valence-corrected chi connectivity index (χ2v) is 13.1. The molecule has 0 bridgehead atoms. The van der Waals surface area contributed by atoms with Gasteiger partial charge in [0.05, 0.1) is 11.6 Å². The third-order valence-electron chi connectivity index (χ3n) is 10.3. The van der Waals surface area contributed by atoms with Gasteiger partial charge in [0, 0.05) is 22.1 Å². The number of hydrogen-bond donors (Lipinski definition) is 0. The summed E-state index contributed by atoms with van der Waals surface area (Å²) in [4.78, 5) is 15.1. The van der Waals surface area contributed by atoms with Gasteiger partial charge in [-0.2, -0.15) is 5.26 Å². The Labute approximate surface area is 286 Å². The molecular weight excluding hydrogens is 597 g/mol. The van der Waals surface area contributed by atoms with Crippen molar-refractivity contribution in [2.45, 2.75) is 31.1 Å². The van der Waals surface area contributed by atoms with Gasteiger partial charge >= 0.3 is 0 Å². The molecule has 4 heteroatoms. The number of nitrogens with zero attached hydrogens (tertiary/aromatic N) is 4. The molecule has 232 valence electrons. The Morgan fingerprint density at radius 2 is 1.00 bits per heavy atom. The molecule has 0 aliphatic heterocycles. The van der Waals surface area contributed by atoms with Crippen LogP contribution in [-0.4, -0.2) is 15.0 Å². The van der Waals surface area contributed by atoms with E-state index >= 15 is 0 Å². The zero-order valence-electron chi connectivity index (χ0n) is 27.0. The maximum atomic E-state index is 9.30. The topological polar surface area (TPSA) is 62.5 Å². The molecular formula is C45H32N4. The van der Waals surface area contributed by atoms with Crippen molar-refractivity contribution in [1.29, 1.82) is 5.26 Å². The van der Waals surface area contributed by atoms with Gasteiger partial charge in [-0.1, -0.05) is 134 Å². The number of hydrogen-bond acceptors (Lipinski definition) is 4. The standard InChI is InChI=1S/C45H32N4/c46-29-30-17-19-31(20-18-30)34-22-24-40-39(27-34)37-23-21-35(28-41(37)45(40)25-9-10-26-45)36-15-7-8-16-38(36)44-48-42(32-11-3-1-4-12-32)47-43(49-44)33-13-5-2-6-14-33/h1-8,11-24,27-28H,9-10,25-26H2. The molecule has 2 aliphatic rings. The molecule has 4 nitrogen and oxygen atoms in total. The van der Waals surface area contributed by atoms with Crippen LogP contribution in [0.25, 0.3) is 67.5 Å². The van der Waals surface area contributed by atoms with Gasteiger partial charge in [0.2, 0.25) is 0 Å². The molecule has 6 aromatic carbocycles. The average molecular weight is 629 g/mol. The summed E-state index contributed by atoms with van der Waals surface area (Å²) in [5.41, 5.74) is 13.7. The van der Waals surface area contributed by atoms with Crippen molar-refractivity contribution in [3.05, 3.63) is 162 Å². The van der Waals surface area contributed by atoms with E-state index in [0.29, 0.717) is 23.0 Å². The van der Waals surface area contributed by atoms with Gasteiger partial charge in [-0.25, -0.2) is 15.0 Å². The first kappa shape index (κ1) is 29.0. The van der Waals surface area contributed by atoms with Crippen molar-refractivity contribution in [3.8, 4) is 73.6 Å². The molecule has 0 atom stereocenters. The first-order chi connectivity index (χ1) is 24.2. The fourth-order valence-electron chi connectivity index (χ4n) is 7.96. The average Bonchev–Trinajstić information content (AvgIpc) is 3.78. The summed E-state index contributed by atoms with van der Waals surface area (Å²) in [5.74, 6) is 1.98. The molecule has 49 heavy (non-hydrogen) atoms. The molecule has 1 fully saturated rings. The zero-order chi connectivity index (χ0) is 32.8. The monoisotopic (exact) mass is 628 g/mol. The van der Waals surface area contributed by atoms with Crippen LogP contribution < -0.4 is 0 Å². The summed E-state index contributed by atoms with van der Waals surface area (Å²) < 4.78 is 0. The molecule has 0 unspecified atom stereocenters. The number of benzene rings is 6. The molecule has 7 aromatic rings. The lowest BCUT2D eigenvalue weighted by Gasteiger charge is -2.27. The highest BCUT2D eigenvalue weighted by Gasteiger charge is 2.45. The Morgan fingerprint density at radius 3 is 1.65 bits per heavy atom. The van der Waals surface area contributed by atoms with Crippen molar-refractivity contribution in [1.82, 2.24) is 15.0 Å². The summed E-state index contributed by atoms with van der Waals surface area (Å²) in [6, 6.07) is 52.9. The van der Waals surface area contributed by atoms with Gasteiger partial charge in [-0.3, -0.25) is 0 Å². The number of rotatable bonds is 5. The van der Waals surface area contributed by atoms with Crippen LogP contribution in [-0.2, 0) is 5.41 Å². The van der Waals surface area contributed by atoms with Crippen LogP contribution in [0.3, 0.4) is 0 Å². The van der Waals surface area contributed by atoms with Gasteiger partial charge in [0.15, 0.2) is 17.5 Å². The highest BCUT2D eigenvalue weighted by molar-refractivity contribution is 5.89. The quantitative estimate of drug-likeness (QED) is 0.190. The van der Waals surface area contributed by atoms with E-state index in [1.165, 1.54) is 46.2 Å². The second-order valence-electron chi connectivity index (χ2n) is 13.1. The first-order valence-electron chi connectivity index (χ1n) is 17.0. The fraction of sp³-hybridized carbons (Fsp3) is 0.111. The maximum Gasteiger partial charge on any atom is 0.164 e. The zero-order valence-corrected chi connectivity index (χ0v) is 27.0. The first-order valence-corrected chi connectivity index (χ1v) is 17.0. The van der Waals surface area contributed by atoms with Crippen LogP contribution in [0.4, 0.5) is 0 Å². The van der Waals surface area contributed by atoms with E-state index in [9.17, 15) is 5.26 Å². The van der Waals surface area contributed by atoms with Crippen LogP contribution in [0.2, 0.25) is 0 Å². The summed E-state index contributed by atoms with van der Waals surface area (Å²) in [6.45, 7) is 0. The molecule has 1 saturated carbocycles. The van der Waals surface area contributed by atoms with E-state index in [1.807, 2.05) is 72.8 Å². The Hall–Kier alpha value is -6.18. The Balaban J connectivity index is 1.18. The van der Waals surface area contributed by atoms with Crippen LogP contribution in [0.15, 0.2) is 146 Å². The van der Waals surface area contributed by atoms with Crippen molar-refractivity contribution in [2.75, 3.05) is 0 Å². The third kappa shape index (κ3) is 4.94. The Morgan fingerprint density at radius 1 is 0.429 bits per heavy atom. The number of aromatic nitrogens is 3. The van der Waals surface area contributed by atoms with E-state index in [4.69, 9.17) is 15.0 Å². The Kier molecular flexibility index (Phi) is 6.99. The molecule has 2 aliphatic carbocycles. The molecule has 1 heterocycles. The van der Waals surface area contributed by atoms with Crippen molar-refractivity contribution in [3.63, 3.8) is 0 Å². The predicted octanol–water partition coefficient (Wildman–Crippen LogP) is 10.9. The van der Waals surface area contributed by atoms with Crippen LogP contribution in [0.5, 0.6) is 0 Å². The van der Waals surface area contributed by atoms with Crippen molar-refractivity contribution >= 4 is 0 Å². The van der Waals surface area contributed by atoms with E-state index in [-0.39, 0.29) is 5.41 Å². The maximum absolute atomic E-state index is 9.30. The summed E-state index contributed by atoms with van der Waals surface area (Å²) in [7, 11) is 0. The lowest BCUT2D eigenvalue weighted by molar-refractivity contribution is 0.550. The lowest BCUT2D eigenvalue weighted by atomic mass is 9.76. The van der Waals surface area contributed by atoms with Crippen LogP contribution in [0, 0.1) is 11.3 Å². The van der Waals surface area contributed by atoms with Gasteiger partial charge in [-0.15, -0.1) is 0 Å². The summed E-state index contributed by atoms with van der Waals surface area (Å²) >= 11 is 0. The molecule has 1 spiro atoms. The lowest BCUT2D eigenvalue weighted by Crippen LogP contribution is -2.20. The number of fused-ring (bicyclic) bond motifs is 5. The summed E-state index contributed by atoms with van der Waals surface area (Å²) in [5, 5.41) is 9.30. The molecule has 9 rings (SSSR count). The van der Waals surface area contributed by atoms with E-state index in [1.54, 1.807) is 0 Å². The Bertz CT molecular complexity index is 2330. The smallest absolute Gasteiger partial charge is 0.164 e. The highest BCUT2D eigenvalue weighted by atomic mass is 15.0. The van der Waals surface area contributed by atoms with Crippen molar-refractivity contribution < 1.29 is 0 Å². The molecule has 0 radical (unpaired) electrons. The predicted molar refractivity (Wildman–Crippen MR) is 196 cm³/mol. The van der Waals surface area contributed by atoms with Gasteiger partial charge in [-0.05, 0) is 81.6 Å². The van der Waals surface area contributed by atoms with Crippen molar-refractivity contribution in [2.24, 2.45) is 0 Å². The second kappa shape index (κ2) is 11.8. The number of nitriles is 1. The minimum Gasteiger partial charge on any atom is -0.208 e. The van der Waals surface area contributed by atoms with Crippen LogP contribution in [0.1, 0.15) is 42.4 Å². The minimum atomic E-state index is 0.0208. The molecule has 1 aromatic heterocycles. The van der Waals surface area contributed by atoms with Gasteiger partial charge in [0.25, 0.3) is 0 Å².